The monoisotopic (exact) mass is 294 g/mol. The van der Waals surface area contributed by atoms with Crippen molar-refractivity contribution in [2.45, 2.75) is 44.9 Å². The van der Waals surface area contributed by atoms with Crippen LogP contribution in [0.3, 0.4) is 0 Å². The maximum Gasteiger partial charge on any atom is 0.161 e. The first-order valence-electron chi connectivity index (χ1n) is 8.47. The topological polar surface area (TPSA) is 41.9 Å². The second-order valence-electron chi connectivity index (χ2n) is 6.29. The van der Waals surface area contributed by atoms with Gasteiger partial charge in [0.1, 0.15) is 5.82 Å². The highest BCUT2D eigenvalue weighted by molar-refractivity contribution is 5.60. The van der Waals surface area contributed by atoms with Crippen LogP contribution in [-0.4, -0.2) is 28.0 Å². The van der Waals surface area contributed by atoms with Crippen LogP contribution in [0, 0.1) is 0 Å². The third-order valence-electron chi connectivity index (χ3n) is 4.76. The van der Waals surface area contributed by atoms with Crippen LogP contribution >= 0.6 is 0 Å². The molecule has 2 aromatic rings. The molecule has 1 saturated heterocycles. The van der Waals surface area contributed by atoms with Crippen molar-refractivity contribution >= 4 is 5.82 Å². The molecule has 1 aliphatic heterocycles. The molecule has 4 nitrogen and oxygen atoms in total. The first kappa shape index (κ1) is 13.7. The number of aryl methyl sites for hydroxylation is 1. The van der Waals surface area contributed by atoms with Crippen molar-refractivity contribution < 1.29 is 0 Å². The van der Waals surface area contributed by atoms with E-state index in [2.05, 4.69) is 9.88 Å². The van der Waals surface area contributed by atoms with Crippen LogP contribution in [0.4, 0.5) is 5.82 Å². The van der Waals surface area contributed by atoms with Crippen LogP contribution in [0.15, 0.2) is 24.5 Å². The third-order valence-corrected chi connectivity index (χ3v) is 4.76. The number of fused-ring (bicyclic) bond motifs is 1. The van der Waals surface area contributed by atoms with Crippen LogP contribution in [0.1, 0.15) is 43.4 Å². The van der Waals surface area contributed by atoms with E-state index in [-0.39, 0.29) is 0 Å². The third kappa shape index (κ3) is 2.58. The van der Waals surface area contributed by atoms with Gasteiger partial charge in [0.25, 0.3) is 0 Å². The Morgan fingerprint density at radius 2 is 1.59 bits per heavy atom. The van der Waals surface area contributed by atoms with Gasteiger partial charge in [0, 0.05) is 42.3 Å². The van der Waals surface area contributed by atoms with Gasteiger partial charge in [0.05, 0.1) is 0 Å². The normalized spacial score (nSPS) is 18.1. The number of hydrogen-bond donors (Lipinski definition) is 0. The lowest BCUT2D eigenvalue weighted by atomic mass is 9.95. The molecule has 0 radical (unpaired) electrons. The van der Waals surface area contributed by atoms with E-state index in [0.717, 1.165) is 37.3 Å². The Morgan fingerprint density at radius 3 is 2.41 bits per heavy atom. The summed E-state index contributed by atoms with van der Waals surface area (Å²) in [7, 11) is 0. The van der Waals surface area contributed by atoms with E-state index in [1.807, 2.05) is 24.5 Å². The zero-order valence-corrected chi connectivity index (χ0v) is 13.0. The molecule has 4 rings (SSSR count). The lowest BCUT2D eigenvalue weighted by molar-refractivity contribution is 0.566. The quantitative estimate of drug-likeness (QED) is 0.851. The highest BCUT2D eigenvalue weighted by atomic mass is 15.2. The number of rotatable bonds is 2. The summed E-state index contributed by atoms with van der Waals surface area (Å²) in [5.41, 5.74) is 3.75. The molecule has 0 amide bonds. The molecule has 0 atom stereocenters. The van der Waals surface area contributed by atoms with Gasteiger partial charge < -0.3 is 4.90 Å². The van der Waals surface area contributed by atoms with E-state index in [0.29, 0.717) is 0 Å². The van der Waals surface area contributed by atoms with E-state index >= 15 is 0 Å². The van der Waals surface area contributed by atoms with Gasteiger partial charge in [-0.1, -0.05) is 0 Å². The summed E-state index contributed by atoms with van der Waals surface area (Å²) in [6, 6.07) is 4.01. The molecule has 0 unspecified atom stereocenters. The van der Waals surface area contributed by atoms with Crippen molar-refractivity contribution in [2.24, 2.45) is 0 Å². The first-order valence-corrected chi connectivity index (χ1v) is 8.47. The van der Waals surface area contributed by atoms with Crippen molar-refractivity contribution in [3.8, 4) is 11.4 Å². The lowest BCUT2D eigenvalue weighted by Crippen LogP contribution is -2.32. The Labute approximate surface area is 131 Å². The summed E-state index contributed by atoms with van der Waals surface area (Å²) >= 11 is 0. The van der Waals surface area contributed by atoms with Crippen molar-refractivity contribution in [1.82, 2.24) is 15.0 Å². The molecule has 0 bridgehead atoms. The zero-order valence-electron chi connectivity index (χ0n) is 13.0. The minimum Gasteiger partial charge on any atom is -0.356 e. The fraction of sp³-hybridized carbons (Fsp3) is 0.500. The van der Waals surface area contributed by atoms with Crippen LogP contribution in [0.25, 0.3) is 11.4 Å². The van der Waals surface area contributed by atoms with Crippen LogP contribution in [0.5, 0.6) is 0 Å². The number of piperidine rings is 1. The lowest BCUT2D eigenvalue weighted by Gasteiger charge is -2.31. The van der Waals surface area contributed by atoms with Crippen molar-refractivity contribution in [1.29, 1.82) is 0 Å². The number of anilines is 1. The highest BCUT2D eigenvalue weighted by Gasteiger charge is 2.23. The molecule has 4 heteroatoms. The molecule has 1 aliphatic carbocycles. The predicted molar refractivity (Wildman–Crippen MR) is 88.0 cm³/mol. The standard InChI is InChI=1S/C18H22N4/c1-4-12-22(13-5-1)18-15-6-2-3-7-16(15)20-17(21-18)14-8-10-19-11-9-14/h8-11H,1-7,12-13H2. The molecular formula is C18H22N4. The first-order chi connectivity index (χ1) is 10.9. The minimum absolute atomic E-state index is 0.864. The van der Waals surface area contributed by atoms with E-state index in [1.54, 1.807) is 0 Å². The van der Waals surface area contributed by atoms with Gasteiger partial charge >= 0.3 is 0 Å². The average molecular weight is 294 g/mol. The Balaban J connectivity index is 1.80. The highest BCUT2D eigenvalue weighted by Crippen LogP contribution is 2.31. The molecule has 0 aromatic carbocycles. The summed E-state index contributed by atoms with van der Waals surface area (Å²) in [6.45, 7) is 2.28. The summed E-state index contributed by atoms with van der Waals surface area (Å²) in [5, 5.41) is 0. The number of aromatic nitrogens is 3. The Bertz CT molecular complexity index is 648. The van der Waals surface area contributed by atoms with Gasteiger partial charge in [0.15, 0.2) is 5.82 Å². The largest absolute Gasteiger partial charge is 0.356 e. The fourth-order valence-electron chi connectivity index (χ4n) is 3.57. The zero-order chi connectivity index (χ0) is 14.8. The molecule has 2 aliphatic rings. The van der Waals surface area contributed by atoms with Crippen LogP contribution < -0.4 is 4.90 Å². The SMILES string of the molecule is c1cc(-c2nc3c(c(N4CCCCC4)n2)CCCC3)ccn1. The molecule has 22 heavy (non-hydrogen) atoms. The molecule has 114 valence electrons. The molecule has 0 spiro atoms. The minimum atomic E-state index is 0.864. The van der Waals surface area contributed by atoms with Crippen molar-refractivity contribution in [3.05, 3.63) is 35.8 Å². The molecular weight excluding hydrogens is 272 g/mol. The van der Waals surface area contributed by atoms with E-state index in [9.17, 15) is 0 Å². The average Bonchev–Trinajstić information content (AvgIpc) is 2.62. The van der Waals surface area contributed by atoms with Crippen LogP contribution in [-0.2, 0) is 12.8 Å². The molecule has 0 N–H and O–H groups in total. The summed E-state index contributed by atoms with van der Waals surface area (Å²) in [4.78, 5) is 16.4. The van der Waals surface area contributed by atoms with Gasteiger partial charge in [-0.3, -0.25) is 4.98 Å². The molecule has 1 fully saturated rings. The molecule has 3 heterocycles. The summed E-state index contributed by atoms with van der Waals surface area (Å²) in [5.74, 6) is 2.07. The van der Waals surface area contributed by atoms with E-state index in [1.165, 1.54) is 49.2 Å². The molecule has 2 aromatic heterocycles. The Kier molecular flexibility index (Phi) is 3.75. The van der Waals surface area contributed by atoms with Crippen molar-refractivity contribution in [2.75, 3.05) is 18.0 Å². The predicted octanol–water partition coefficient (Wildman–Crippen LogP) is 3.41. The second-order valence-corrected chi connectivity index (χ2v) is 6.29. The van der Waals surface area contributed by atoms with E-state index in [4.69, 9.17) is 9.97 Å². The van der Waals surface area contributed by atoms with Gasteiger partial charge in [-0.25, -0.2) is 9.97 Å². The van der Waals surface area contributed by atoms with Gasteiger partial charge in [-0.2, -0.15) is 0 Å². The maximum atomic E-state index is 4.97. The Hall–Kier alpha value is -1.97. The number of pyridine rings is 1. The smallest absolute Gasteiger partial charge is 0.161 e. The van der Waals surface area contributed by atoms with E-state index < -0.39 is 0 Å². The van der Waals surface area contributed by atoms with Gasteiger partial charge in [0.2, 0.25) is 0 Å². The summed E-state index contributed by atoms with van der Waals surface area (Å²) in [6.07, 6.45) is 12.3. The number of hydrogen-bond acceptors (Lipinski definition) is 4. The van der Waals surface area contributed by atoms with Gasteiger partial charge in [-0.05, 0) is 57.1 Å². The molecule has 0 saturated carbocycles. The Morgan fingerprint density at radius 1 is 0.818 bits per heavy atom. The van der Waals surface area contributed by atoms with Gasteiger partial charge in [-0.15, -0.1) is 0 Å². The number of nitrogens with zero attached hydrogens (tertiary/aromatic N) is 4. The van der Waals surface area contributed by atoms with Crippen LogP contribution in [0.2, 0.25) is 0 Å². The second kappa shape index (κ2) is 6.03. The summed E-state index contributed by atoms with van der Waals surface area (Å²) < 4.78 is 0. The van der Waals surface area contributed by atoms with Crippen molar-refractivity contribution in [3.63, 3.8) is 0 Å². The fourth-order valence-corrected chi connectivity index (χ4v) is 3.57. The maximum absolute atomic E-state index is 4.97.